The summed E-state index contributed by atoms with van der Waals surface area (Å²) in [4.78, 5) is 49.3. The number of nitrogens with one attached hydrogen (secondary N) is 2. The molecule has 0 bridgehead atoms. The van der Waals surface area contributed by atoms with E-state index in [9.17, 15) is 19.5 Å². The van der Waals surface area contributed by atoms with Gasteiger partial charge in [-0.2, -0.15) is 0 Å². The highest BCUT2D eigenvalue weighted by Crippen LogP contribution is 2.30. The number of oxazole rings is 1. The molecule has 5 rings (SSSR count). The van der Waals surface area contributed by atoms with Gasteiger partial charge in [-0.15, -0.1) is 11.3 Å². The number of aliphatic hydroxyl groups excluding tert-OH is 1. The number of benzene rings is 2. The number of fused-ring (bicyclic) bond motifs is 1. The molecule has 2 amide bonds. The molecule has 210 valence electrons. The predicted octanol–water partition coefficient (Wildman–Crippen LogP) is 4.06. The molecule has 0 aliphatic heterocycles. The Labute approximate surface area is 239 Å². The van der Waals surface area contributed by atoms with Gasteiger partial charge in [-0.25, -0.2) is 9.97 Å². The number of aryl methyl sites for hydroxylation is 1. The first-order chi connectivity index (χ1) is 19.7. The lowest BCUT2D eigenvalue weighted by molar-refractivity contribution is -0.138. The van der Waals surface area contributed by atoms with Gasteiger partial charge in [0.25, 0.3) is 11.8 Å². The predicted molar refractivity (Wildman–Crippen MR) is 156 cm³/mol. The average Bonchev–Trinajstić information content (AvgIpc) is 3.70. The van der Waals surface area contributed by atoms with Crippen LogP contribution in [-0.2, 0) is 11.3 Å². The average molecular weight is 573 g/mol. The number of aromatic nitrogens is 3. The third kappa shape index (κ3) is 6.18. The van der Waals surface area contributed by atoms with Gasteiger partial charge in [0.2, 0.25) is 5.95 Å². The lowest BCUT2D eigenvalue weighted by atomic mass is 10.1. The lowest BCUT2D eigenvalue weighted by Crippen LogP contribution is -2.36. The van der Waals surface area contributed by atoms with Crippen LogP contribution in [-0.4, -0.2) is 68.9 Å². The van der Waals surface area contributed by atoms with Gasteiger partial charge in [0.05, 0.1) is 40.1 Å². The topological polar surface area (TPSA) is 143 Å². The van der Waals surface area contributed by atoms with Gasteiger partial charge < -0.3 is 24.3 Å². The van der Waals surface area contributed by atoms with Crippen molar-refractivity contribution in [2.24, 2.45) is 0 Å². The van der Waals surface area contributed by atoms with Crippen molar-refractivity contribution >= 4 is 51.6 Å². The number of Topliss-reactive ketones (excluding diaryl/α,β-unsaturated/α-hetero) is 1. The van der Waals surface area contributed by atoms with E-state index >= 15 is 0 Å². The maximum absolute atomic E-state index is 13.2. The fourth-order valence-electron chi connectivity index (χ4n) is 4.21. The van der Waals surface area contributed by atoms with Gasteiger partial charge in [0.15, 0.2) is 23.5 Å². The number of rotatable bonds is 10. The number of likely N-dealkylation sites (N-methyl/N-ethyl adjacent to an activating group) is 1. The van der Waals surface area contributed by atoms with Crippen LogP contribution in [0.2, 0.25) is 0 Å². The van der Waals surface area contributed by atoms with Gasteiger partial charge in [-0.05, 0) is 30.3 Å². The molecule has 0 spiro atoms. The fraction of sp³-hybridized carbons (Fsp3) is 0.207. The molecule has 5 aromatic rings. The van der Waals surface area contributed by atoms with E-state index in [-0.39, 0.29) is 24.8 Å². The molecule has 0 radical (unpaired) electrons. The Bertz CT molecular complexity index is 1720. The van der Waals surface area contributed by atoms with Crippen LogP contribution >= 0.6 is 11.3 Å². The van der Waals surface area contributed by atoms with Crippen LogP contribution in [0.5, 0.6) is 0 Å². The Kier molecular flexibility index (Phi) is 7.95. The molecule has 2 aromatic carbocycles. The number of thiophene rings is 1. The van der Waals surface area contributed by atoms with E-state index in [2.05, 4.69) is 20.6 Å². The highest BCUT2D eigenvalue weighted by atomic mass is 32.1. The quantitative estimate of drug-likeness (QED) is 0.213. The molecule has 0 saturated heterocycles. The van der Waals surface area contributed by atoms with Crippen molar-refractivity contribution in [3.8, 4) is 10.6 Å². The minimum Gasteiger partial charge on any atom is -0.440 e. The van der Waals surface area contributed by atoms with Crippen LogP contribution in [0.3, 0.4) is 0 Å². The maximum Gasteiger partial charge on any atom is 0.268 e. The third-order valence-electron chi connectivity index (χ3n) is 6.30. The number of aliphatic hydroxyl groups is 1. The van der Waals surface area contributed by atoms with Gasteiger partial charge in [0, 0.05) is 32.3 Å². The molecule has 12 heteroatoms. The highest BCUT2D eigenvalue weighted by molar-refractivity contribution is 7.17. The molecule has 41 heavy (non-hydrogen) atoms. The zero-order chi connectivity index (χ0) is 29.1. The Morgan fingerprint density at radius 3 is 2.59 bits per heavy atom. The minimum atomic E-state index is -1.36. The van der Waals surface area contributed by atoms with E-state index in [1.807, 2.05) is 18.2 Å². The minimum absolute atomic E-state index is 0.0645. The maximum atomic E-state index is 13.2. The summed E-state index contributed by atoms with van der Waals surface area (Å²) in [6, 6.07) is 17.7. The van der Waals surface area contributed by atoms with E-state index in [1.54, 1.807) is 74.2 Å². The molecule has 1 atom stereocenters. The van der Waals surface area contributed by atoms with Gasteiger partial charge in [-0.1, -0.05) is 30.3 Å². The number of ketones is 1. The zero-order valence-electron chi connectivity index (χ0n) is 22.6. The van der Waals surface area contributed by atoms with E-state index in [1.165, 1.54) is 16.2 Å². The van der Waals surface area contributed by atoms with Crippen LogP contribution in [0.4, 0.5) is 11.6 Å². The Hall–Kier alpha value is -4.81. The van der Waals surface area contributed by atoms with Crippen LogP contribution in [0.1, 0.15) is 25.9 Å². The smallest absolute Gasteiger partial charge is 0.268 e. The van der Waals surface area contributed by atoms with Crippen molar-refractivity contribution in [3.63, 3.8) is 0 Å². The molecule has 3 N–H and O–H groups in total. The standard InChI is InChI=1S/C29H28N6O5S/c1-17-30-15-24(40-17)25-11-12-26(41-25)27(38)33-29-32-20-13-19(31-14-22(36)18-7-5-4-6-8-18)9-10-21(20)35(29)16-23(37)28(39)34(2)3/h4-13,15,23,31,37H,14,16H2,1-3H3,(H,32,33,38). The summed E-state index contributed by atoms with van der Waals surface area (Å²) < 4.78 is 7.15. The summed E-state index contributed by atoms with van der Waals surface area (Å²) in [7, 11) is 3.11. The van der Waals surface area contributed by atoms with Crippen molar-refractivity contribution in [1.82, 2.24) is 19.4 Å². The second-order valence-electron chi connectivity index (χ2n) is 9.50. The molecule has 1 unspecified atom stereocenters. The SMILES string of the molecule is Cc1ncc(-c2ccc(C(=O)Nc3nc4cc(NCC(=O)c5ccccc5)ccc4n3CC(O)C(=O)N(C)C)s2)o1. The number of nitrogens with zero attached hydrogens (tertiary/aromatic N) is 4. The normalized spacial score (nSPS) is 11.8. The summed E-state index contributed by atoms with van der Waals surface area (Å²) in [5.41, 5.74) is 2.35. The molecular weight excluding hydrogens is 544 g/mol. The number of anilines is 2. The van der Waals surface area contributed by atoms with Crippen molar-refractivity contribution in [3.05, 3.63) is 83.2 Å². The Morgan fingerprint density at radius 2 is 1.88 bits per heavy atom. The second kappa shape index (κ2) is 11.7. The van der Waals surface area contributed by atoms with Crippen molar-refractivity contribution in [2.45, 2.75) is 19.6 Å². The number of hydrogen-bond donors (Lipinski definition) is 3. The second-order valence-corrected chi connectivity index (χ2v) is 10.6. The van der Waals surface area contributed by atoms with Crippen LogP contribution < -0.4 is 10.6 Å². The summed E-state index contributed by atoms with van der Waals surface area (Å²) in [6.45, 7) is 1.70. The van der Waals surface area contributed by atoms with E-state index < -0.39 is 17.9 Å². The summed E-state index contributed by atoms with van der Waals surface area (Å²) in [6.07, 6.45) is 0.243. The van der Waals surface area contributed by atoms with Crippen LogP contribution in [0, 0.1) is 6.92 Å². The first-order valence-corrected chi connectivity index (χ1v) is 13.6. The van der Waals surface area contributed by atoms with Crippen molar-refractivity contribution in [1.29, 1.82) is 0 Å². The first-order valence-electron chi connectivity index (χ1n) is 12.7. The molecule has 3 aromatic heterocycles. The van der Waals surface area contributed by atoms with Gasteiger partial charge >= 0.3 is 0 Å². The summed E-state index contributed by atoms with van der Waals surface area (Å²) >= 11 is 1.24. The van der Waals surface area contributed by atoms with Crippen molar-refractivity contribution < 1.29 is 23.9 Å². The molecule has 0 saturated carbocycles. The zero-order valence-corrected chi connectivity index (χ0v) is 23.4. The number of imidazole rings is 1. The van der Waals surface area contributed by atoms with Crippen LogP contribution in [0.25, 0.3) is 21.7 Å². The number of carbonyl (C=O) groups is 3. The van der Waals surface area contributed by atoms with Crippen molar-refractivity contribution in [2.75, 3.05) is 31.3 Å². The monoisotopic (exact) mass is 572 g/mol. The molecule has 11 nitrogen and oxygen atoms in total. The molecule has 0 fully saturated rings. The Morgan fingerprint density at radius 1 is 1.10 bits per heavy atom. The van der Waals surface area contributed by atoms with Crippen LogP contribution in [0.15, 0.2) is 71.3 Å². The molecule has 0 aliphatic rings. The lowest BCUT2D eigenvalue weighted by Gasteiger charge is -2.18. The largest absolute Gasteiger partial charge is 0.440 e. The number of hydrogen-bond acceptors (Lipinski definition) is 9. The van der Waals surface area contributed by atoms with E-state index in [0.29, 0.717) is 38.8 Å². The highest BCUT2D eigenvalue weighted by Gasteiger charge is 2.23. The molecular formula is C29H28N6O5S. The first kappa shape index (κ1) is 27.7. The third-order valence-corrected chi connectivity index (χ3v) is 7.40. The number of amides is 2. The Balaban J connectivity index is 1.40. The summed E-state index contributed by atoms with van der Waals surface area (Å²) in [5.74, 6) is 0.303. The number of carbonyl (C=O) groups excluding carboxylic acids is 3. The fourth-order valence-corrected chi connectivity index (χ4v) is 5.06. The molecule has 0 aliphatic carbocycles. The van der Waals surface area contributed by atoms with Gasteiger partial charge in [-0.3, -0.25) is 19.7 Å². The van der Waals surface area contributed by atoms with E-state index in [4.69, 9.17) is 4.42 Å². The summed E-state index contributed by atoms with van der Waals surface area (Å²) in [5, 5.41) is 16.6. The van der Waals surface area contributed by atoms with Gasteiger partial charge in [0.1, 0.15) is 0 Å². The van der Waals surface area contributed by atoms with E-state index in [0.717, 1.165) is 4.88 Å². The molecule has 3 heterocycles.